The zero-order valence-electron chi connectivity index (χ0n) is 16.3. The standard InChI is InChI=1S/C24H25NO4/c1-2-11-24(22(26)27)12-14-25(15-13-24)23(28)29-16-21-19-9-5-3-7-17(19)18-8-4-6-10-20(18)21/h2-10,21H,1,11-16H2,(H,26,27). The number of allylic oxidation sites excluding steroid dienone is 1. The Morgan fingerprint density at radius 2 is 1.62 bits per heavy atom. The molecule has 1 aliphatic carbocycles. The molecule has 2 aliphatic rings. The first-order valence-electron chi connectivity index (χ1n) is 10.00. The molecule has 1 aliphatic heterocycles. The smallest absolute Gasteiger partial charge is 0.409 e. The lowest BCUT2D eigenvalue weighted by Crippen LogP contribution is -2.46. The fraction of sp³-hybridized carbons (Fsp3) is 0.333. The van der Waals surface area contributed by atoms with Crippen LogP contribution in [0.4, 0.5) is 4.79 Å². The molecule has 1 N–H and O–H groups in total. The molecule has 2 aromatic carbocycles. The Hall–Kier alpha value is -3.08. The Labute approximate surface area is 170 Å². The molecule has 5 nitrogen and oxygen atoms in total. The molecule has 0 atom stereocenters. The number of rotatable bonds is 5. The number of fused-ring (bicyclic) bond motifs is 3. The second-order valence-corrected chi connectivity index (χ2v) is 7.87. The zero-order chi connectivity index (χ0) is 20.4. The lowest BCUT2D eigenvalue weighted by Gasteiger charge is -2.37. The van der Waals surface area contributed by atoms with Gasteiger partial charge in [0.15, 0.2) is 0 Å². The van der Waals surface area contributed by atoms with Crippen LogP contribution in [0.5, 0.6) is 0 Å². The first kappa shape index (κ1) is 19.2. The van der Waals surface area contributed by atoms with Crippen molar-refractivity contribution < 1.29 is 19.4 Å². The molecule has 150 valence electrons. The molecule has 4 rings (SSSR count). The minimum Gasteiger partial charge on any atom is -0.481 e. The number of carbonyl (C=O) groups excluding carboxylic acids is 1. The van der Waals surface area contributed by atoms with Crippen molar-refractivity contribution in [2.45, 2.75) is 25.2 Å². The van der Waals surface area contributed by atoms with Crippen molar-refractivity contribution in [1.29, 1.82) is 0 Å². The number of carboxylic acids is 1. The van der Waals surface area contributed by atoms with Gasteiger partial charge in [0, 0.05) is 19.0 Å². The van der Waals surface area contributed by atoms with Gasteiger partial charge in [0.25, 0.3) is 0 Å². The van der Waals surface area contributed by atoms with Gasteiger partial charge < -0.3 is 14.7 Å². The van der Waals surface area contributed by atoms with Crippen molar-refractivity contribution in [3.63, 3.8) is 0 Å². The van der Waals surface area contributed by atoms with Gasteiger partial charge in [-0.1, -0.05) is 54.6 Å². The molecule has 0 spiro atoms. The van der Waals surface area contributed by atoms with Crippen molar-refractivity contribution in [1.82, 2.24) is 4.90 Å². The van der Waals surface area contributed by atoms with Gasteiger partial charge in [-0.25, -0.2) is 4.79 Å². The van der Waals surface area contributed by atoms with Crippen molar-refractivity contribution in [2.75, 3.05) is 19.7 Å². The van der Waals surface area contributed by atoms with E-state index in [1.807, 2.05) is 24.3 Å². The van der Waals surface area contributed by atoms with Crippen LogP contribution in [0, 0.1) is 5.41 Å². The summed E-state index contributed by atoms with van der Waals surface area (Å²) in [7, 11) is 0. The monoisotopic (exact) mass is 391 g/mol. The number of amides is 1. The molecule has 0 radical (unpaired) electrons. The van der Waals surface area contributed by atoms with Crippen LogP contribution in [0.25, 0.3) is 11.1 Å². The molecule has 1 fully saturated rings. The third-order valence-electron chi connectivity index (χ3n) is 6.30. The van der Waals surface area contributed by atoms with E-state index in [9.17, 15) is 14.7 Å². The number of hydrogen-bond donors (Lipinski definition) is 1. The van der Waals surface area contributed by atoms with Gasteiger partial charge in [0.1, 0.15) is 6.61 Å². The second kappa shape index (κ2) is 7.74. The molecule has 5 heteroatoms. The Kier molecular flexibility index (Phi) is 5.14. The Balaban J connectivity index is 1.42. The lowest BCUT2D eigenvalue weighted by atomic mass is 9.76. The molecular formula is C24H25NO4. The maximum atomic E-state index is 12.7. The molecule has 1 heterocycles. The number of carboxylic acid groups (broad SMARTS) is 1. The summed E-state index contributed by atoms with van der Waals surface area (Å²) in [6, 6.07) is 16.4. The lowest BCUT2D eigenvalue weighted by molar-refractivity contribution is -0.151. The average molecular weight is 391 g/mol. The summed E-state index contributed by atoms with van der Waals surface area (Å²) in [6.07, 6.45) is 2.53. The van der Waals surface area contributed by atoms with Crippen molar-refractivity contribution in [2.24, 2.45) is 5.41 Å². The number of likely N-dealkylation sites (tertiary alicyclic amines) is 1. The van der Waals surface area contributed by atoms with Crippen LogP contribution in [-0.2, 0) is 9.53 Å². The van der Waals surface area contributed by atoms with Crippen LogP contribution in [0.1, 0.15) is 36.3 Å². The number of ether oxygens (including phenoxy) is 1. The fourth-order valence-corrected chi connectivity index (χ4v) is 4.58. The SMILES string of the molecule is C=CCC1(C(=O)O)CCN(C(=O)OCC2c3ccccc3-c3ccccc32)CC1. The fourth-order valence-electron chi connectivity index (χ4n) is 4.58. The van der Waals surface area contributed by atoms with Crippen molar-refractivity contribution in [3.8, 4) is 11.1 Å². The second-order valence-electron chi connectivity index (χ2n) is 7.87. The highest BCUT2D eigenvalue weighted by Gasteiger charge is 2.42. The highest BCUT2D eigenvalue weighted by molar-refractivity contribution is 5.79. The van der Waals surface area contributed by atoms with E-state index in [4.69, 9.17) is 4.74 Å². The molecule has 29 heavy (non-hydrogen) atoms. The van der Waals surface area contributed by atoms with E-state index in [1.54, 1.807) is 11.0 Å². The average Bonchev–Trinajstić information content (AvgIpc) is 3.06. The first-order chi connectivity index (χ1) is 14.1. The van der Waals surface area contributed by atoms with Crippen LogP contribution in [0.2, 0.25) is 0 Å². The van der Waals surface area contributed by atoms with E-state index in [1.165, 1.54) is 22.3 Å². The van der Waals surface area contributed by atoms with Gasteiger partial charge in [0.05, 0.1) is 5.41 Å². The predicted octanol–water partition coefficient (Wildman–Crippen LogP) is 4.68. The van der Waals surface area contributed by atoms with Crippen molar-refractivity contribution in [3.05, 3.63) is 72.3 Å². The van der Waals surface area contributed by atoms with Gasteiger partial charge in [-0.05, 0) is 41.5 Å². The summed E-state index contributed by atoms with van der Waals surface area (Å²) < 4.78 is 5.69. The zero-order valence-corrected chi connectivity index (χ0v) is 16.3. The number of nitrogens with zero attached hydrogens (tertiary/aromatic N) is 1. The summed E-state index contributed by atoms with van der Waals surface area (Å²) in [5.74, 6) is -0.792. The van der Waals surface area contributed by atoms with Gasteiger partial charge in [-0.15, -0.1) is 6.58 Å². The van der Waals surface area contributed by atoms with E-state index in [0.717, 1.165) is 0 Å². The van der Waals surface area contributed by atoms with E-state index in [0.29, 0.717) is 32.4 Å². The summed E-state index contributed by atoms with van der Waals surface area (Å²) in [4.78, 5) is 26.0. The number of carbonyl (C=O) groups is 2. The number of hydrogen-bond acceptors (Lipinski definition) is 3. The number of piperidine rings is 1. The molecule has 1 saturated heterocycles. The quantitative estimate of drug-likeness (QED) is 0.752. The third-order valence-corrected chi connectivity index (χ3v) is 6.30. The summed E-state index contributed by atoms with van der Waals surface area (Å²) in [5.41, 5.74) is 3.92. The summed E-state index contributed by atoms with van der Waals surface area (Å²) in [6.45, 7) is 4.73. The van der Waals surface area contributed by atoms with Gasteiger partial charge in [-0.3, -0.25) is 4.79 Å². The van der Waals surface area contributed by atoms with Crippen LogP contribution < -0.4 is 0 Å². The van der Waals surface area contributed by atoms with Crippen LogP contribution in [0.3, 0.4) is 0 Å². The van der Waals surface area contributed by atoms with E-state index in [2.05, 4.69) is 30.8 Å². The minimum absolute atomic E-state index is 0.0232. The normalized spacial score (nSPS) is 17.3. The highest BCUT2D eigenvalue weighted by Crippen LogP contribution is 2.44. The Bertz CT molecular complexity index is 898. The molecule has 0 bridgehead atoms. The molecule has 1 amide bonds. The van der Waals surface area contributed by atoms with Crippen LogP contribution >= 0.6 is 0 Å². The third kappa shape index (κ3) is 3.41. The maximum absolute atomic E-state index is 12.7. The molecule has 2 aromatic rings. The largest absolute Gasteiger partial charge is 0.481 e. The number of benzene rings is 2. The predicted molar refractivity (Wildman–Crippen MR) is 111 cm³/mol. The van der Waals surface area contributed by atoms with Gasteiger partial charge in [-0.2, -0.15) is 0 Å². The van der Waals surface area contributed by atoms with E-state index < -0.39 is 11.4 Å². The van der Waals surface area contributed by atoms with Crippen molar-refractivity contribution >= 4 is 12.1 Å². The summed E-state index contributed by atoms with van der Waals surface area (Å²) >= 11 is 0. The molecule has 0 saturated carbocycles. The number of aliphatic carboxylic acids is 1. The molecule has 0 unspecified atom stereocenters. The maximum Gasteiger partial charge on any atom is 0.409 e. The van der Waals surface area contributed by atoms with E-state index >= 15 is 0 Å². The highest BCUT2D eigenvalue weighted by atomic mass is 16.6. The topological polar surface area (TPSA) is 66.8 Å². The Morgan fingerprint density at radius 3 is 2.14 bits per heavy atom. The minimum atomic E-state index is -0.818. The van der Waals surface area contributed by atoms with Crippen LogP contribution in [0.15, 0.2) is 61.2 Å². The first-order valence-corrected chi connectivity index (χ1v) is 10.00. The van der Waals surface area contributed by atoms with Crippen LogP contribution in [-0.4, -0.2) is 41.8 Å². The summed E-state index contributed by atoms with van der Waals surface area (Å²) in [5, 5.41) is 9.60. The Morgan fingerprint density at radius 1 is 1.07 bits per heavy atom. The molecule has 0 aromatic heterocycles. The molecular weight excluding hydrogens is 366 g/mol. The van der Waals surface area contributed by atoms with Gasteiger partial charge >= 0.3 is 12.1 Å². The van der Waals surface area contributed by atoms with Gasteiger partial charge in [0.2, 0.25) is 0 Å². The van der Waals surface area contributed by atoms with E-state index in [-0.39, 0.29) is 18.6 Å².